The second kappa shape index (κ2) is 10.1. The minimum atomic E-state index is 0.762. The summed E-state index contributed by atoms with van der Waals surface area (Å²) in [6.45, 7) is 10.5. The van der Waals surface area contributed by atoms with Crippen molar-refractivity contribution in [1.82, 2.24) is 5.32 Å². The Balaban J connectivity index is 2.41. The Morgan fingerprint density at radius 3 is 2.58 bits per heavy atom. The van der Waals surface area contributed by atoms with Crippen LogP contribution >= 0.6 is 11.8 Å². The second-order valence-corrected chi connectivity index (χ2v) is 7.77. The van der Waals surface area contributed by atoms with E-state index >= 15 is 0 Å². The molecule has 0 aromatic rings. The Morgan fingerprint density at radius 1 is 1.16 bits per heavy atom. The van der Waals surface area contributed by atoms with E-state index in [0.29, 0.717) is 0 Å². The normalized spacial score (nSPS) is 25.7. The van der Waals surface area contributed by atoms with E-state index in [1.54, 1.807) is 0 Å². The van der Waals surface area contributed by atoms with Gasteiger partial charge in [0, 0.05) is 11.8 Å². The van der Waals surface area contributed by atoms with Crippen molar-refractivity contribution < 1.29 is 0 Å². The third-order valence-corrected chi connectivity index (χ3v) is 5.87. The lowest BCUT2D eigenvalue weighted by Gasteiger charge is -2.35. The van der Waals surface area contributed by atoms with Crippen molar-refractivity contribution in [3.63, 3.8) is 0 Å². The summed E-state index contributed by atoms with van der Waals surface area (Å²) in [4.78, 5) is 0. The highest BCUT2D eigenvalue weighted by Crippen LogP contribution is 2.33. The van der Waals surface area contributed by atoms with Gasteiger partial charge in [-0.2, -0.15) is 11.8 Å². The van der Waals surface area contributed by atoms with Crippen LogP contribution in [0.1, 0.15) is 66.2 Å². The molecule has 1 nitrogen and oxygen atoms in total. The Hall–Kier alpha value is 0.310. The predicted molar refractivity (Wildman–Crippen MR) is 90.0 cm³/mol. The van der Waals surface area contributed by atoms with Crippen LogP contribution < -0.4 is 5.32 Å². The van der Waals surface area contributed by atoms with Crippen molar-refractivity contribution in [3.8, 4) is 0 Å². The molecule has 2 heteroatoms. The highest BCUT2D eigenvalue weighted by atomic mass is 32.2. The molecule has 0 aromatic heterocycles. The average Bonchev–Trinajstić information content (AvgIpc) is 2.42. The third kappa shape index (κ3) is 7.04. The fourth-order valence-corrected chi connectivity index (χ4v) is 4.44. The molecule has 0 saturated heterocycles. The van der Waals surface area contributed by atoms with Crippen LogP contribution in [0.4, 0.5) is 0 Å². The first-order valence-corrected chi connectivity index (χ1v) is 9.63. The summed E-state index contributed by atoms with van der Waals surface area (Å²) in [6.07, 6.45) is 8.51. The first-order valence-electron chi connectivity index (χ1n) is 8.48. The van der Waals surface area contributed by atoms with Gasteiger partial charge < -0.3 is 5.32 Å². The van der Waals surface area contributed by atoms with Crippen LogP contribution in [0.5, 0.6) is 0 Å². The van der Waals surface area contributed by atoms with Gasteiger partial charge in [0.25, 0.3) is 0 Å². The second-order valence-electron chi connectivity index (χ2n) is 6.69. The Morgan fingerprint density at radius 2 is 1.95 bits per heavy atom. The highest BCUT2D eigenvalue weighted by molar-refractivity contribution is 7.99. The van der Waals surface area contributed by atoms with Crippen molar-refractivity contribution in [1.29, 1.82) is 0 Å². The molecular weight excluding hydrogens is 250 g/mol. The summed E-state index contributed by atoms with van der Waals surface area (Å²) in [7, 11) is 0. The van der Waals surface area contributed by atoms with Crippen LogP contribution in [-0.2, 0) is 0 Å². The van der Waals surface area contributed by atoms with Gasteiger partial charge in [0.2, 0.25) is 0 Å². The zero-order valence-corrected chi connectivity index (χ0v) is 14.4. The summed E-state index contributed by atoms with van der Waals surface area (Å²) < 4.78 is 0. The van der Waals surface area contributed by atoms with Gasteiger partial charge in [-0.25, -0.2) is 0 Å². The molecule has 1 aliphatic rings. The smallest absolute Gasteiger partial charge is 0.0186 e. The zero-order chi connectivity index (χ0) is 14.1. The average molecular weight is 286 g/mol. The van der Waals surface area contributed by atoms with Gasteiger partial charge in [-0.3, -0.25) is 0 Å². The first-order chi connectivity index (χ1) is 9.17. The number of nitrogens with one attached hydrogen (secondary N) is 1. The summed E-state index contributed by atoms with van der Waals surface area (Å²) in [5, 5.41) is 3.84. The summed E-state index contributed by atoms with van der Waals surface area (Å²) in [5.74, 6) is 5.39. The third-order valence-electron chi connectivity index (χ3n) is 4.37. The number of thioether (sulfide) groups is 1. The highest BCUT2D eigenvalue weighted by Gasteiger charge is 2.27. The fourth-order valence-electron chi connectivity index (χ4n) is 3.19. The van der Waals surface area contributed by atoms with E-state index in [4.69, 9.17) is 0 Å². The van der Waals surface area contributed by atoms with E-state index in [0.717, 1.165) is 23.8 Å². The lowest BCUT2D eigenvalue weighted by atomic mass is 9.77. The molecule has 0 bridgehead atoms. The molecule has 0 aromatic carbocycles. The van der Waals surface area contributed by atoms with Crippen molar-refractivity contribution in [2.75, 3.05) is 18.1 Å². The van der Waals surface area contributed by atoms with Gasteiger partial charge in [-0.15, -0.1) is 0 Å². The van der Waals surface area contributed by atoms with Crippen LogP contribution in [0.25, 0.3) is 0 Å². The molecule has 19 heavy (non-hydrogen) atoms. The zero-order valence-electron chi connectivity index (χ0n) is 13.6. The maximum atomic E-state index is 3.84. The molecule has 114 valence electrons. The minimum Gasteiger partial charge on any atom is -0.313 e. The molecule has 0 amide bonds. The number of rotatable bonds is 9. The molecular formula is C17H35NS. The maximum Gasteiger partial charge on any atom is 0.0186 e. The van der Waals surface area contributed by atoms with Crippen LogP contribution in [0.2, 0.25) is 0 Å². The van der Waals surface area contributed by atoms with Crippen molar-refractivity contribution in [3.05, 3.63) is 0 Å². The summed E-state index contributed by atoms with van der Waals surface area (Å²) in [5.41, 5.74) is 0. The molecule has 0 radical (unpaired) electrons. The van der Waals surface area contributed by atoms with Crippen molar-refractivity contribution in [2.45, 2.75) is 72.3 Å². The number of hydrogen-bond acceptors (Lipinski definition) is 2. The lowest BCUT2D eigenvalue weighted by molar-refractivity contribution is 0.219. The standard InChI is InChI=1S/C17H35NS/c1-5-10-18-17(13-19-12-14(3)4)16-9-7-8-15(6-2)11-16/h14-18H,5-13H2,1-4H3. The molecule has 1 saturated carbocycles. The monoisotopic (exact) mass is 285 g/mol. The first kappa shape index (κ1) is 17.4. The van der Waals surface area contributed by atoms with E-state index < -0.39 is 0 Å². The predicted octanol–water partition coefficient (Wildman–Crippen LogP) is 4.96. The fraction of sp³-hybridized carbons (Fsp3) is 1.00. The van der Waals surface area contributed by atoms with Gasteiger partial charge in [-0.1, -0.05) is 47.0 Å². The van der Waals surface area contributed by atoms with Crippen LogP contribution in [-0.4, -0.2) is 24.1 Å². The Kier molecular flexibility index (Phi) is 9.23. The molecule has 0 spiro atoms. The van der Waals surface area contributed by atoms with Crippen molar-refractivity contribution >= 4 is 11.8 Å². The molecule has 1 fully saturated rings. The molecule has 3 unspecified atom stereocenters. The van der Waals surface area contributed by atoms with Crippen LogP contribution in [0.3, 0.4) is 0 Å². The quantitative estimate of drug-likeness (QED) is 0.642. The van der Waals surface area contributed by atoms with Gasteiger partial charge in [0.1, 0.15) is 0 Å². The molecule has 0 aliphatic heterocycles. The summed E-state index contributed by atoms with van der Waals surface area (Å²) in [6, 6.07) is 0.762. The van der Waals surface area contributed by atoms with Crippen LogP contribution in [0, 0.1) is 17.8 Å². The van der Waals surface area contributed by atoms with Crippen LogP contribution in [0.15, 0.2) is 0 Å². The SMILES string of the molecule is CCCNC(CSCC(C)C)C1CCCC(CC)C1. The molecule has 0 heterocycles. The Bertz CT molecular complexity index is 217. The lowest BCUT2D eigenvalue weighted by Crippen LogP contribution is -2.41. The topological polar surface area (TPSA) is 12.0 Å². The van der Waals surface area contributed by atoms with Gasteiger partial charge in [0.05, 0.1) is 0 Å². The van der Waals surface area contributed by atoms with Gasteiger partial charge in [-0.05, 0) is 49.3 Å². The van der Waals surface area contributed by atoms with Crippen molar-refractivity contribution in [2.24, 2.45) is 17.8 Å². The van der Waals surface area contributed by atoms with E-state index in [1.807, 2.05) is 0 Å². The van der Waals surface area contributed by atoms with Gasteiger partial charge in [0.15, 0.2) is 0 Å². The molecule has 1 N–H and O–H groups in total. The maximum absolute atomic E-state index is 3.84. The molecule has 1 aliphatic carbocycles. The van der Waals surface area contributed by atoms with Gasteiger partial charge >= 0.3 is 0 Å². The molecule has 1 rings (SSSR count). The largest absolute Gasteiger partial charge is 0.313 e. The van der Waals surface area contributed by atoms with E-state index in [9.17, 15) is 0 Å². The van der Waals surface area contributed by atoms with E-state index in [-0.39, 0.29) is 0 Å². The Labute approximate surface area is 125 Å². The summed E-state index contributed by atoms with van der Waals surface area (Å²) >= 11 is 2.16. The van der Waals surface area contributed by atoms with E-state index in [1.165, 1.54) is 56.6 Å². The number of hydrogen-bond donors (Lipinski definition) is 1. The molecule has 3 atom stereocenters. The van der Waals surface area contributed by atoms with E-state index in [2.05, 4.69) is 44.8 Å². The minimum absolute atomic E-state index is 0.762.